The maximum absolute atomic E-state index is 15.0. The number of nitrogens with zero attached hydrogens (tertiary/aromatic N) is 1. The third-order valence-corrected chi connectivity index (χ3v) is 6.74. The number of pyridine rings is 1. The summed E-state index contributed by atoms with van der Waals surface area (Å²) in [4.78, 5) is 17.4. The second kappa shape index (κ2) is 8.32. The van der Waals surface area contributed by atoms with Crippen molar-refractivity contribution in [2.75, 3.05) is 5.32 Å². The molecular formula is C25H23ClF2N2O2. The van der Waals surface area contributed by atoms with Crippen LogP contribution in [-0.2, 0) is 0 Å². The highest BCUT2D eigenvalue weighted by molar-refractivity contribution is 6.32. The first-order valence-corrected chi connectivity index (χ1v) is 11.4. The molecule has 0 radical (unpaired) electrons. The van der Waals surface area contributed by atoms with Crippen LogP contribution in [-0.4, -0.2) is 21.9 Å². The number of carbonyl (C=O) groups excluding carboxylic acids is 1. The highest BCUT2D eigenvalue weighted by atomic mass is 35.5. The lowest BCUT2D eigenvalue weighted by atomic mass is 9.93. The second-order valence-corrected chi connectivity index (χ2v) is 9.21. The molecule has 2 N–H and O–H groups in total. The summed E-state index contributed by atoms with van der Waals surface area (Å²) < 4.78 is 29.1. The average molecular weight is 457 g/mol. The van der Waals surface area contributed by atoms with E-state index in [2.05, 4.69) is 10.3 Å². The molecule has 7 heteroatoms. The van der Waals surface area contributed by atoms with E-state index in [0.717, 1.165) is 44.6 Å². The fourth-order valence-electron chi connectivity index (χ4n) is 4.51. The molecule has 32 heavy (non-hydrogen) atoms. The van der Waals surface area contributed by atoms with E-state index in [1.165, 1.54) is 18.6 Å². The van der Waals surface area contributed by atoms with Gasteiger partial charge in [0, 0.05) is 35.2 Å². The predicted molar refractivity (Wildman–Crippen MR) is 121 cm³/mol. The van der Waals surface area contributed by atoms with Crippen LogP contribution in [0.5, 0.6) is 5.75 Å². The number of halogens is 3. The first kappa shape index (κ1) is 21.1. The van der Waals surface area contributed by atoms with Gasteiger partial charge in [-0.05, 0) is 49.4 Å². The number of aromatic nitrogens is 1. The van der Waals surface area contributed by atoms with Crippen LogP contribution in [0.3, 0.4) is 0 Å². The third-order valence-electron chi connectivity index (χ3n) is 6.45. The Bertz CT molecular complexity index is 1200. The van der Waals surface area contributed by atoms with Gasteiger partial charge in [0.15, 0.2) is 17.3 Å². The first-order valence-electron chi connectivity index (χ1n) is 11.0. The zero-order valence-electron chi connectivity index (χ0n) is 17.4. The molecule has 0 spiro atoms. The summed E-state index contributed by atoms with van der Waals surface area (Å²) >= 11 is 5.93. The summed E-state index contributed by atoms with van der Waals surface area (Å²) in [6, 6.07) is 5.49. The molecular weight excluding hydrogens is 434 g/mol. The summed E-state index contributed by atoms with van der Waals surface area (Å²) in [6.07, 6.45) is 8.76. The van der Waals surface area contributed by atoms with E-state index in [1.54, 1.807) is 12.3 Å². The molecule has 0 unspecified atom stereocenters. The number of rotatable bonds is 5. The van der Waals surface area contributed by atoms with Gasteiger partial charge in [-0.25, -0.2) is 8.78 Å². The summed E-state index contributed by atoms with van der Waals surface area (Å²) in [5.74, 6) is -2.11. The van der Waals surface area contributed by atoms with Gasteiger partial charge in [0.05, 0.1) is 21.8 Å². The SMILES string of the molecule is O=C(c1cnc2cc(F)c(-c3cc(F)c(O)c(Cl)c3)cc2c1NC1CCCCC1)C1CC1. The third kappa shape index (κ3) is 3.92. The monoisotopic (exact) mass is 456 g/mol. The van der Waals surface area contributed by atoms with Crippen molar-refractivity contribution in [3.63, 3.8) is 0 Å². The molecule has 0 saturated heterocycles. The largest absolute Gasteiger partial charge is 0.504 e. The molecule has 166 valence electrons. The molecule has 2 fully saturated rings. The van der Waals surface area contributed by atoms with Gasteiger partial charge >= 0.3 is 0 Å². The predicted octanol–water partition coefficient (Wildman–Crippen LogP) is 6.88. The van der Waals surface area contributed by atoms with Crippen molar-refractivity contribution in [1.82, 2.24) is 4.98 Å². The molecule has 2 aliphatic carbocycles. The van der Waals surface area contributed by atoms with Crippen LogP contribution in [0.2, 0.25) is 5.02 Å². The van der Waals surface area contributed by atoms with Crippen molar-refractivity contribution in [2.45, 2.75) is 51.0 Å². The van der Waals surface area contributed by atoms with E-state index < -0.39 is 17.4 Å². The number of hydrogen-bond acceptors (Lipinski definition) is 4. The van der Waals surface area contributed by atoms with E-state index in [-0.39, 0.29) is 33.9 Å². The highest BCUT2D eigenvalue weighted by Crippen LogP contribution is 2.40. The number of aromatic hydroxyl groups is 1. The van der Waals surface area contributed by atoms with E-state index in [4.69, 9.17) is 11.6 Å². The standard InChI is InChI=1S/C25H23ClF2N2O2/c26-19-8-14(9-21(28)25(19)32)16-10-17-22(11-20(16)27)29-12-18(24(31)13-6-7-13)23(17)30-15-4-2-1-3-5-15/h8-13,15,32H,1-7H2,(H,29,30). The minimum absolute atomic E-state index is 0.0195. The summed E-state index contributed by atoms with van der Waals surface area (Å²) in [7, 11) is 0. The maximum atomic E-state index is 15.0. The quantitative estimate of drug-likeness (QED) is 0.411. The van der Waals surface area contributed by atoms with Crippen molar-refractivity contribution in [3.8, 4) is 16.9 Å². The van der Waals surface area contributed by atoms with E-state index in [9.17, 15) is 14.3 Å². The van der Waals surface area contributed by atoms with Gasteiger partial charge in [-0.15, -0.1) is 0 Å². The summed E-state index contributed by atoms with van der Waals surface area (Å²) in [6.45, 7) is 0. The topological polar surface area (TPSA) is 62.2 Å². The Hall–Kier alpha value is -2.73. The van der Waals surface area contributed by atoms with Crippen LogP contribution in [0, 0.1) is 17.6 Å². The minimum atomic E-state index is -0.927. The fraction of sp³-hybridized carbons (Fsp3) is 0.360. The molecule has 2 aliphatic rings. The van der Waals surface area contributed by atoms with Crippen LogP contribution in [0.15, 0.2) is 30.5 Å². The fourth-order valence-corrected chi connectivity index (χ4v) is 4.72. The molecule has 1 aromatic heterocycles. The van der Waals surface area contributed by atoms with E-state index >= 15 is 4.39 Å². The smallest absolute Gasteiger partial charge is 0.170 e. The van der Waals surface area contributed by atoms with Crippen LogP contribution in [0.1, 0.15) is 55.3 Å². The highest BCUT2D eigenvalue weighted by Gasteiger charge is 2.33. The van der Waals surface area contributed by atoms with Crippen molar-refractivity contribution in [3.05, 3.63) is 52.7 Å². The number of fused-ring (bicyclic) bond motifs is 1. The van der Waals surface area contributed by atoms with Gasteiger partial charge < -0.3 is 10.4 Å². The van der Waals surface area contributed by atoms with Crippen LogP contribution in [0.4, 0.5) is 14.5 Å². The number of phenols is 1. The molecule has 1 heterocycles. The number of carbonyl (C=O) groups is 1. The van der Waals surface area contributed by atoms with Gasteiger partial charge in [0.25, 0.3) is 0 Å². The first-order chi connectivity index (χ1) is 15.4. The van der Waals surface area contributed by atoms with Crippen molar-refractivity contribution < 1.29 is 18.7 Å². The Balaban J connectivity index is 1.68. The van der Waals surface area contributed by atoms with Gasteiger partial charge in [-0.2, -0.15) is 0 Å². The molecule has 0 bridgehead atoms. The Kier molecular flexibility index (Phi) is 5.49. The van der Waals surface area contributed by atoms with Crippen molar-refractivity contribution in [2.24, 2.45) is 5.92 Å². The zero-order valence-corrected chi connectivity index (χ0v) is 18.2. The van der Waals surface area contributed by atoms with Crippen LogP contribution >= 0.6 is 11.6 Å². The molecule has 0 atom stereocenters. The van der Waals surface area contributed by atoms with Gasteiger partial charge in [0.1, 0.15) is 5.82 Å². The van der Waals surface area contributed by atoms with Crippen LogP contribution in [0.25, 0.3) is 22.0 Å². The number of phenolic OH excluding ortho intramolecular Hbond substituents is 1. The molecule has 5 rings (SSSR count). The number of benzene rings is 2. The summed E-state index contributed by atoms with van der Waals surface area (Å²) in [5.41, 5.74) is 1.95. The Morgan fingerprint density at radius 3 is 2.47 bits per heavy atom. The lowest BCUT2D eigenvalue weighted by molar-refractivity contribution is 0.0968. The maximum Gasteiger partial charge on any atom is 0.170 e. The molecule has 0 amide bonds. The molecule has 4 nitrogen and oxygen atoms in total. The van der Waals surface area contributed by atoms with Gasteiger partial charge in [0.2, 0.25) is 0 Å². The molecule has 2 saturated carbocycles. The minimum Gasteiger partial charge on any atom is -0.504 e. The number of nitrogens with one attached hydrogen (secondary N) is 1. The van der Waals surface area contributed by atoms with Gasteiger partial charge in [-0.3, -0.25) is 9.78 Å². The Morgan fingerprint density at radius 2 is 1.78 bits per heavy atom. The molecule has 2 aromatic carbocycles. The molecule has 3 aromatic rings. The van der Waals surface area contributed by atoms with Crippen molar-refractivity contribution >= 4 is 34.0 Å². The molecule has 0 aliphatic heterocycles. The normalized spacial score (nSPS) is 17.0. The second-order valence-electron chi connectivity index (χ2n) is 8.80. The number of hydrogen-bond donors (Lipinski definition) is 2. The lowest BCUT2D eigenvalue weighted by Gasteiger charge is -2.26. The zero-order chi connectivity index (χ0) is 22.4. The lowest BCUT2D eigenvalue weighted by Crippen LogP contribution is -2.24. The Morgan fingerprint density at radius 1 is 1.03 bits per heavy atom. The van der Waals surface area contributed by atoms with Gasteiger partial charge in [-0.1, -0.05) is 30.9 Å². The van der Waals surface area contributed by atoms with E-state index in [1.807, 2.05) is 0 Å². The number of ketones is 1. The number of Topliss-reactive ketones (excluding diaryl/α,β-unsaturated/α-hetero) is 1. The Labute approximate surface area is 189 Å². The van der Waals surface area contributed by atoms with Crippen molar-refractivity contribution in [1.29, 1.82) is 0 Å². The number of anilines is 1. The van der Waals surface area contributed by atoms with E-state index in [0.29, 0.717) is 22.2 Å². The summed E-state index contributed by atoms with van der Waals surface area (Å²) in [5, 5.41) is 13.6. The average Bonchev–Trinajstić information content (AvgIpc) is 3.63. The van der Waals surface area contributed by atoms with Crippen LogP contribution < -0.4 is 5.32 Å².